The van der Waals surface area contributed by atoms with E-state index in [2.05, 4.69) is 15.2 Å². The first-order valence-electron chi connectivity index (χ1n) is 8.31. The van der Waals surface area contributed by atoms with Crippen LogP contribution in [0.25, 0.3) is 0 Å². The van der Waals surface area contributed by atoms with Crippen molar-refractivity contribution in [2.75, 3.05) is 13.7 Å². The number of rotatable bonds is 4. The van der Waals surface area contributed by atoms with E-state index in [1.54, 1.807) is 13.3 Å². The van der Waals surface area contributed by atoms with E-state index in [9.17, 15) is 4.79 Å². The van der Waals surface area contributed by atoms with Crippen LogP contribution in [0, 0.1) is 5.92 Å². The molecule has 1 saturated heterocycles. The molecule has 1 aliphatic carbocycles. The van der Waals surface area contributed by atoms with Crippen LogP contribution >= 0.6 is 0 Å². The Morgan fingerprint density at radius 3 is 2.82 bits per heavy atom. The maximum Gasteiger partial charge on any atom is 0.317 e. The van der Waals surface area contributed by atoms with Gasteiger partial charge in [-0.25, -0.2) is 9.78 Å². The van der Waals surface area contributed by atoms with Crippen molar-refractivity contribution in [1.82, 2.24) is 15.2 Å². The molecule has 22 heavy (non-hydrogen) atoms. The summed E-state index contributed by atoms with van der Waals surface area (Å²) in [4.78, 5) is 18.7. The Morgan fingerprint density at radius 2 is 2.14 bits per heavy atom. The molecule has 5 heteroatoms. The zero-order chi connectivity index (χ0) is 15.4. The largest absolute Gasteiger partial charge is 0.481 e. The van der Waals surface area contributed by atoms with Gasteiger partial charge in [0.25, 0.3) is 0 Å². The topological polar surface area (TPSA) is 54.5 Å². The number of urea groups is 1. The van der Waals surface area contributed by atoms with E-state index in [1.807, 2.05) is 12.1 Å². The van der Waals surface area contributed by atoms with Crippen LogP contribution in [-0.2, 0) is 6.54 Å². The third-order valence-electron chi connectivity index (χ3n) is 4.95. The highest BCUT2D eigenvalue weighted by atomic mass is 16.5. The number of likely N-dealkylation sites (tertiary alicyclic amines) is 1. The zero-order valence-corrected chi connectivity index (χ0v) is 13.3. The van der Waals surface area contributed by atoms with Crippen LogP contribution in [0.3, 0.4) is 0 Å². The molecule has 2 aliphatic rings. The molecule has 0 radical (unpaired) electrons. The molecule has 2 fully saturated rings. The molecule has 120 valence electrons. The summed E-state index contributed by atoms with van der Waals surface area (Å²) in [6.07, 6.45) is 9.29. The van der Waals surface area contributed by atoms with Crippen molar-refractivity contribution in [3.8, 4) is 5.88 Å². The van der Waals surface area contributed by atoms with Gasteiger partial charge in [0.05, 0.1) is 7.11 Å². The van der Waals surface area contributed by atoms with E-state index in [4.69, 9.17) is 4.74 Å². The zero-order valence-electron chi connectivity index (χ0n) is 13.3. The molecule has 1 aromatic heterocycles. The Bertz CT molecular complexity index is 497. The van der Waals surface area contributed by atoms with E-state index < -0.39 is 0 Å². The fourth-order valence-electron chi connectivity index (χ4n) is 3.79. The second-order valence-corrected chi connectivity index (χ2v) is 6.32. The number of carbonyl (C=O) groups excluding carboxylic acids is 1. The summed E-state index contributed by atoms with van der Waals surface area (Å²) in [6.45, 7) is 1.41. The maximum atomic E-state index is 12.5. The second-order valence-electron chi connectivity index (χ2n) is 6.32. The minimum atomic E-state index is 0.0743. The van der Waals surface area contributed by atoms with Crippen molar-refractivity contribution in [2.45, 2.75) is 51.1 Å². The quantitative estimate of drug-likeness (QED) is 0.930. The van der Waals surface area contributed by atoms with Crippen LogP contribution in [0.15, 0.2) is 18.3 Å². The highest BCUT2D eigenvalue weighted by Crippen LogP contribution is 2.35. The molecule has 1 aromatic rings. The van der Waals surface area contributed by atoms with Gasteiger partial charge in [0.2, 0.25) is 5.88 Å². The number of aromatic nitrogens is 1. The molecule has 2 heterocycles. The number of pyridine rings is 1. The van der Waals surface area contributed by atoms with E-state index >= 15 is 0 Å². The maximum absolute atomic E-state index is 12.5. The summed E-state index contributed by atoms with van der Waals surface area (Å²) in [6, 6.07) is 4.28. The molecule has 0 unspecified atom stereocenters. The normalized spacial score (nSPS) is 22.0. The molecule has 1 atom stereocenters. The number of nitrogens with one attached hydrogen (secondary N) is 1. The smallest absolute Gasteiger partial charge is 0.317 e. The monoisotopic (exact) mass is 303 g/mol. The van der Waals surface area contributed by atoms with Crippen LogP contribution in [0.1, 0.15) is 44.1 Å². The Kier molecular flexibility index (Phi) is 4.80. The third kappa shape index (κ3) is 3.34. The fraction of sp³-hybridized carbons (Fsp3) is 0.647. The van der Waals surface area contributed by atoms with Crippen LogP contribution in [0.4, 0.5) is 4.79 Å². The van der Waals surface area contributed by atoms with Gasteiger partial charge in [-0.1, -0.05) is 18.9 Å². The van der Waals surface area contributed by atoms with Crippen molar-refractivity contribution in [3.63, 3.8) is 0 Å². The van der Waals surface area contributed by atoms with E-state index in [0.29, 0.717) is 18.5 Å². The third-order valence-corrected chi connectivity index (χ3v) is 4.95. The standard InChI is InChI=1S/C17H25N3O2/c1-22-16-9-8-13(11-18-16)12-19-17(21)20-10-4-7-15(20)14-5-2-3-6-14/h8-9,11,14-15H,2-7,10,12H2,1H3,(H,19,21)/t15-/m1/s1. The van der Waals surface area contributed by atoms with Crippen LogP contribution in [0.2, 0.25) is 0 Å². The number of carbonyl (C=O) groups is 1. The molecule has 0 bridgehead atoms. The predicted octanol–water partition coefficient (Wildman–Crippen LogP) is 2.95. The van der Waals surface area contributed by atoms with Gasteiger partial charge in [-0.15, -0.1) is 0 Å². The first-order chi connectivity index (χ1) is 10.8. The predicted molar refractivity (Wildman–Crippen MR) is 84.7 cm³/mol. The molecule has 5 nitrogen and oxygen atoms in total. The van der Waals surface area contributed by atoms with Gasteiger partial charge in [0, 0.05) is 31.4 Å². The van der Waals surface area contributed by atoms with Crippen molar-refractivity contribution in [3.05, 3.63) is 23.9 Å². The van der Waals surface area contributed by atoms with Crippen molar-refractivity contribution < 1.29 is 9.53 Å². The van der Waals surface area contributed by atoms with Gasteiger partial charge in [0.15, 0.2) is 0 Å². The molecule has 1 aliphatic heterocycles. The van der Waals surface area contributed by atoms with Gasteiger partial charge in [-0.05, 0) is 37.2 Å². The summed E-state index contributed by atoms with van der Waals surface area (Å²) in [5.41, 5.74) is 0.991. The Hall–Kier alpha value is -1.78. The number of ether oxygens (including phenoxy) is 1. The minimum absolute atomic E-state index is 0.0743. The molecular weight excluding hydrogens is 278 g/mol. The lowest BCUT2D eigenvalue weighted by molar-refractivity contribution is 0.172. The van der Waals surface area contributed by atoms with Gasteiger partial charge in [-0.3, -0.25) is 0 Å². The Morgan fingerprint density at radius 1 is 1.32 bits per heavy atom. The Balaban J connectivity index is 1.54. The SMILES string of the molecule is COc1ccc(CNC(=O)N2CCC[C@@H]2C2CCCC2)cn1. The van der Waals surface area contributed by atoms with E-state index in [1.165, 1.54) is 32.1 Å². The molecule has 1 saturated carbocycles. The number of nitrogens with zero attached hydrogens (tertiary/aromatic N) is 2. The number of methoxy groups -OCH3 is 1. The van der Waals surface area contributed by atoms with Crippen LogP contribution in [0.5, 0.6) is 5.88 Å². The molecule has 3 rings (SSSR count). The van der Waals surface area contributed by atoms with E-state index in [-0.39, 0.29) is 6.03 Å². The summed E-state index contributed by atoms with van der Waals surface area (Å²) >= 11 is 0. The van der Waals surface area contributed by atoms with Gasteiger partial charge < -0.3 is 15.0 Å². The van der Waals surface area contributed by atoms with Gasteiger partial charge in [-0.2, -0.15) is 0 Å². The molecular formula is C17H25N3O2. The average molecular weight is 303 g/mol. The highest BCUT2D eigenvalue weighted by Gasteiger charge is 2.35. The Labute approximate surface area is 132 Å². The second kappa shape index (κ2) is 6.99. The summed E-state index contributed by atoms with van der Waals surface area (Å²) in [5.74, 6) is 1.31. The lowest BCUT2D eigenvalue weighted by atomic mass is 9.96. The first kappa shape index (κ1) is 15.1. The summed E-state index contributed by atoms with van der Waals surface area (Å²) in [5, 5.41) is 3.04. The fourth-order valence-corrected chi connectivity index (χ4v) is 3.79. The number of amides is 2. The molecule has 0 spiro atoms. The summed E-state index contributed by atoms with van der Waals surface area (Å²) in [7, 11) is 1.60. The van der Waals surface area contributed by atoms with E-state index in [0.717, 1.165) is 24.4 Å². The van der Waals surface area contributed by atoms with Crippen molar-refractivity contribution in [2.24, 2.45) is 5.92 Å². The molecule has 0 aromatic carbocycles. The lowest BCUT2D eigenvalue weighted by Crippen LogP contribution is -2.45. The van der Waals surface area contributed by atoms with Crippen molar-refractivity contribution >= 4 is 6.03 Å². The van der Waals surface area contributed by atoms with Crippen molar-refractivity contribution in [1.29, 1.82) is 0 Å². The van der Waals surface area contributed by atoms with Gasteiger partial charge >= 0.3 is 6.03 Å². The van der Waals surface area contributed by atoms with Gasteiger partial charge in [0.1, 0.15) is 0 Å². The number of hydrogen-bond donors (Lipinski definition) is 1. The van der Waals surface area contributed by atoms with Crippen LogP contribution in [-0.4, -0.2) is 35.6 Å². The average Bonchev–Trinajstić information content (AvgIpc) is 3.23. The molecule has 1 N–H and O–H groups in total. The lowest BCUT2D eigenvalue weighted by Gasteiger charge is -2.29. The minimum Gasteiger partial charge on any atom is -0.481 e. The first-order valence-corrected chi connectivity index (χ1v) is 8.31. The number of hydrogen-bond acceptors (Lipinski definition) is 3. The highest BCUT2D eigenvalue weighted by molar-refractivity contribution is 5.74. The molecule has 2 amide bonds. The summed E-state index contributed by atoms with van der Waals surface area (Å²) < 4.78 is 5.04. The van der Waals surface area contributed by atoms with Crippen LogP contribution < -0.4 is 10.1 Å².